The Morgan fingerprint density at radius 2 is 0.717 bits per heavy atom. The molecule has 0 N–H and O–H groups in total. The van der Waals surface area contributed by atoms with Crippen molar-refractivity contribution in [3.63, 3.8) is 0 Å². The average molecular weight is 665 g/mol. The molecule has 0 heterocycles. The number of rotatable bonds is 26. The lowest BCUT2D eigenvalue weighted by atomic mass is 10.2. The molecule has 0 aromatic heterocycles. The summed E-state index contributed by atoms with van der Waals surface area (Å²) in [6.07, 6.45) is 5.31. The van der Waals surface area contributed by atoms with E-state index in [1.54, 1.807) is 13.8 Å². The van der Waals surface area contributed by atoms with Crippen molar-refractivity contribution in [3.8, 4) is 0 Å². The Hall–Kier alpha value is -2.28. The molecular weight excluding hydrogens is 600 g/mol. The molecule has 0 aliphatic carbocycles. The molecule has 0 amide bonds. The van der Waals surface area contributed by atoms with Crippen LogP contribution >= 0.6 is 0 Å². The van der Waals surface area contributed by atoms with Gasteiger partial charge in [-0.2, -0.15) is 0 Å². The number of hydrogen-bond acceptors (Lipinski definition) is 12. The zero-order chi connectivity index (χ0) is 35.3. The van der Waals surface area contributed by atoms with Gasteiger partial charge < -0.3 is 37.9 Å². The summed E-state index contributed by atoms with van der Waals surface area (Å²) >= 11 is 0. The summed E-state index contributed by atoms with van der Waals surface area (Å²) in [7, 11) is 0. The van der Waals surface area contributed by atoms with Crippen LogP contribution < -0.4 is 0 Å². The van der Waals surface area contributed by atoms with Gasteiger partial charge in [0, 0.05) is 26.1 Å². The molecule has 0 aliphatic heterocycles. The van der Waals surface area contributed by atoms with Gasteiger partial charge in [0.2, 0.25) is 0 Å². The summed E-state index contributed by atoms with van der Waals surface area (Å²) in [4.78, 5) is 46.1. The van der Waals surface area contributed by atoms with Crippen LogP contribution in [0.2, 0.25) is 0 Å². The molecule has 0 aromatic carbocycles. The summed E-state index contributed by atoms with van der Waals surface area (Å²) in [6.45, 7) is 20.3. The lowest BCUT2D eigenvalue weighted by molar-refractivity contribution is -0.167. The molecular formula is C34H64O12. The zero-order valence-electron chi connectivity index (χ0n) is 30.3. The first-order valence-corrected chi connectivity index (χ1v) is 16.8. The third kappa shape index (κ3) is 33.1. The van der Waals surface area contributed by atoms with Gasteiger partial charge in [-0.3, -0.25) is 9.59 Å². The van der Waals surface area contributed by atoms with Gasteiger partial charge in [-0.05, 0) is 94.9 Å². The molecule has 12 heteroatoms. The van der Waals surface area contributed by atoms with E-state index in [2.05, 4.69) is 0 Å². The summed E-state index contributed by atoms with van der Waals surface area (Å²) < 4.78 is 41.4. The van der Waals surface area contributed by atoms with Crippen molar-refractivity contribution in [2.24, 2.45) is 0 Å². The Morgan fingerprint density at radius 3 is 1.02 bits per heavy atom. The SMILES string of the molecule is CC(C)OC(C)C(=O)OCCOC(=O)C(C)OC(C)C.CC(C)OCCCCCC(=O)OCCOC(=O)CCCCCOC(C)C. The highest BCUT2D eigenvalue weighted by atomic mass is 16.6. The van der Waals surface area contributed by atoms with E-state index in [4.69, 9.17) is 37.9 Å². The molecule has 0 fully saturated rings. The normalized spacial score (nSPS) is 12.5. The van der Waals surface area contributed by atoms with E-state index in [1.807, 2.05) is 55.4 Å². The molecule has 2 unspecified atom stereocenters. The largest absolute Gasteiger partial charge is 0.462 e. The molecule has 0 saturated carbocycles. The number of hydrogen-bond donors (Lipinski definition) is 0. The van der Waals surface area contributed by atoms with E-state index in [0.29, 0.717) is 12.8 Å². The second kappa shape index (κ2) is 30.1. The lowest BCUT2D eigenvalue weighted by Gasteiger charge is -2.16. The van der Waals surface area contributed by atoms with Crippen molar-refractivity contribution >= 4 is 23.9 Å². The molecule has 2 atom stereocenters. The van der Waals surface area contributed by atoms with Crippen LogP contribution in [0.15, 0.2) is 0 Å². The second-order valence-electron chi connectivity index (χ2n) is 11.9. The smallest absolute Gasteiger partial charge is 0.335 e. The number of esters is 4. The fraction of sp³-hybridized carbons (Fsp3) is 0.882. The number of carbonyl (C=O) groups excluding carboxylic acids is 4. The van der Waals surface area contributed by atoms with E-state index in [9.17, 15) is 19.2 Å². The van der Waals surface area contributed by atoms with E-state index in [0.717, 1.165) is 51.7 Å². The van der Waals surface area contributed by atoms with Gasteiger partial charge in [0.05, 0.1) is 24.4 Å². The molecule has 272 valence electrons. The Bertz CT molecular complexity index is 718. The minimum atomic E-state index is -0.631. The summed E-state index contributed by atoms with van der Waals surface area (Å²) in [5.41, 5.74) is 0. The number of carbonyl (C=O) groups is 4. The van der Waals surface area contributed by atoms with Crippen molar-refractivity contribution < 1.29 is 57.1 Å². The van der Waals surface area contributed by atoms with Gasteiger partial charge >= 0.3 is 23.9 Å². The first-order valence-electron chi connectivity index (χ1n) is 16.8. The molecule has 0 aliphatic rings. The Balaban J connectivity index is 0. The third-order valence-electron chi connectivity index (χ3n) is 5.75. The second-order valence-corrected chi connectivity index (χ2v) is 11.9. The fourth-order valence-corrected chi connectivity index (χ4v) is 3.64. The first-order chi connectivity index (χ1) is 21.6. The van der Waals surface area contributed by atoms with Crippen LogP contribution in [-0.4, -0.2) is 100 Å². The molecule has 0 bridgehead atoms. The van der Waals surface area contributed by atoms with E-state index < -0.39 is 24.1 Å². The van der Waals surface area contributed by atoms with Crippen LogP contribution in [-0.2, 0) is 57.1 Å². The van der Waals surface area contributed by atoms with Crippen LogP contribution in [0.3, 0.4) is 0 Å². The van der Waals surface area contributed by atoms with Gasteiger partial charge in [0.25, 0.3) is 0 Å². The minimum Gasteiger partial charge on any atom is -0.462 e. The summed E-state index contributed by atoms with van der Waals surface area (Å²) in [6, 6.07) is 0. The Labute approximate surface area is 277 Å². The van der Waals surface area contributed by atoms with Gasteiger partial charge in [-0.1, -0.05) is 12.8 Å². The van der Waals surface area contributed by atoms with Crippen LogP contribution in [0, 0.1) is 0 Å². The molecule has 46 heavy (non-hydrogen) atoms. The summed E-state index contributed by atoms with van der Waals surface area (Å²) in [5, 5.41) is 0. The molecule has 0 aromatic rings. The minimum absolute atomic E-state index is 0.00473. The number of ether oxygens (including phenoxy) is 8. The molecule has 0 radical (unpaired) electrons. The molecule has 0 rings (SSSR count). The maximum Gasteiger partial charge on any atom is 0.335 e. The maximum atomic E-state index is 11.5. The molecule has 12 nitrogen and oxygen atoms in total. The van der Waals surface area contributed by atoms with Crippen molar-refractivity contribution in [2.45, 2.75) is 157 Å². The predicted molar refractivity (Wildman–Crippen MR) is 174 cm³/mol. The first kappa shape index (κ1) is 45.8. The topological polar surface area (TPSA) is 142 Å². The van der Waals surface area contributed by atoms with Gasteiger partial charge in [0.15, 0.2) is 12.2 Å². The Kier molecular flexibility index (Phi) is 30.0. The fourth-order valence-electron chi connectivity index (χ4n) is 3.64. The predicted octanol–water partition coefficient (Wildman–Crippen LogP) is 5.74. The lowest BCUT2D eigenvalue weighted by Crippen LogP contribution is -2.29. The van der Waals surface area contributed by atoms with Crippen LogP contribution in [0.4, 0.5) is 0 Å². The van der Waals surface area contributed by atoms with E-state index >= 15 is 0 Å². The number of unbranched alkanes of at least 4 members (excludes halogenated alkanes) is 4. The highest BCUT2D eigenvalue weighted by Gasteiger charge is 2.18. The van der Waals surface area contributed by atoms with Crippen molar-refractivity contribution in [1.29, 1.82) is 0 Å². The molecule has 0 spiro atoms. The maximum absolute atomic E-state index is 11.5. The van der Waals surface area contributed by atoms with Crippen LogP contribution in [0.25, 0.3) is 0 Å². The van der Waals surface area contributed by atoms with E-state index in [-0.39, 0.29) is 62.8 Å². The van der Waals surface area contributed by atoms with Crippen LogP contribution in [0.1, 0.15) is 121 Å². The summed E-state index contributed by atoms with van der Waals surface area (Å²) in [5.74, 6) is -1.42. The molecule has 0 saturated heterocycles. The third-order valence-corrected chi connectivity index (χ3v) is 5.75. The van der Waals surface area contributed by atoms with Crippen molar-refractivity contribution in [1.82, 2.24) is 0 Å². The highest BCUT2D eigenvalue weighted by molar-refractivity contribution is 5.75. The zero-order valence-corrected chi connectivity index (χ0v) is 30.3. The highest BCUT2D eigenvalue weighted by Crippen LogP contribution is 2.05. The van der Waals surface area contributed by atoms with Gasteiger partial charge in [-0.15, -0.1) is 0 Å². The monoisotopic (exact) mass is 664 g/mol. The van der Waals surface area contributed by atoms with Crippen LogP contribution in [0.5, 0.6) is 0 Å². The average Bonchev–Trinajstić information content (AvgIpc) is 2.96. The van der Waals surface area contributed by atoms with E-state index in [1.165, 1.54) is 0 Å². The van der Waals surface area contributed by atoms with Crippen molar-refractivity contribution in [2.75, 3.05) is 39.6 Å². The Morgan fingerprint density at radius 1 is 0.391 bits per heavy atom. The van der Waals surface area contributed by atoms with Crippen molar-refractivity contribution in [3.05, 3.63) is 0 Å². The quantitative estimate of drug-likeness (QED) is 0.0632. The standard InChI is InChI=1S/C20H38O6.C14H26O6/c1-17(2)23-13-9-5-7-11-19(21)25-15-16-26-20(22)12-8-6-10-14-24-18(3)4;1-9(2)19-11(5)13(15)17-7-8-18-14(16)12(6)20-10(3)4/h17-18H,5-16H2,1-4H3;9-12H,7-8H2,1-6H3. The van der Waals surface area contributed by atoms with Gasteiger partial charge in [-0.25, -0.2) is 9.59 Å². The van der Waals surface area contributed by atoms with Gasteiger partial charge in [0.1, 0.15) is 26.4 Å².